The largest absolute Gasteiger partial charge is 0.412 e. The Hall–Kier alpha value is -1.38. The molecule has 0 aliphatic rings. The third-order valence-electron chi connectivity index (χ3n) is 2.75. The van der Waals surface area contributed by atoms with Crippen LogP contribution in [0.15, 0.2) is 60.7 Å². The molecule has 0 aromatic heterocycles. The van der Waals surface area contributed by atoms with Crippen LogP contribution in [-0.4, -0.2) is 15.4 Å². The molecule has 0 amide bonds. The predicted octanol–water partition coefficient (Wildman–Crippen LogP) is 4.21. The smallest absolute Gasteiger partial charge is 0.243 e. The summed E-state index contributed by atoms with van der Waals surface area (Å²) in [7, 11) is 0.430. The van der Waals surface area contributed by atoms with Gasteiger partial charge in [0.15, 0.2) is 0 Å². The van der Waals surface area contributed by atoms with Crippen molar-refractivity contribution >= 4 is 9.76 Å². The van der Waals surface area contributed by atoms with E-state index in [0.717, 1.165) is 0 Å². The van der Waals surface area contributed by atoms with Crippen LogP contribution < -0.4 is 0 Å². The summed E-state index contributed by atoms with van der Waals surface area (Å²) >= 11 is 0. The van der Waals surface area contributed by atoms with Crippen molar-refractivity contribution in [2.24, 2.45) is 0 Å². The minimum Gasteiger partial charge on any atom is -0.412 e. The molecule has 0 saturated heterocycles. The second-order valence-corrected chi connectivity index (χ2v) is 6.60. The maximum absolute atomic E-state index is 6.03. The second kappa shape index (κ2) is 6.18. The van der Waals surface area contributed by atoms with Gasteiger partial charge in [0.1, 0.15) is 0 Å². The molecule has 0 aliphatic heterocycles. The molecule has 2 aromatic rings. The fraction of sp³-hybridized carbons (Fsp3) is 0.294. The zero-order chi connectivity index (χ0) is 13.7. The van der Waals surface area contributed by atoms with Crippen LogP contribution in [0.5, 0.6) is 0 Å². The standard InChI is InChI=1S/C17H20OSi/c1-17(2,3)18-19-16(14-10-6-4-7-11-14)15-12-8-5-9-13-15/h4-13,16H,1-3H3. The van der Waals surface area contributed by atoms with E-state index in [0.29, 0.717) is 15.3 Å². The van der Waals surface area contributed by atoms with Crippen LogP contribution in [0, 0.1) is 0 Å². The van der Waals surface area contributed by atoms with Gasteiger partial charge in [-0.3, -0.25) is 0 Å². The molecule has 0 unspecified atom stereocenters. The fourth-order valence-corrected chi connectivity index (χ4v) is 2.98. The summed E-state index contributed by atoms with van der Waals surface area (Å²) < 4.78 is 6.03. The number of hydrogen-bond donors (Lipinski definition) is 0. The molecule has 1 nitrogen and oxygen atoms in total. The van der Waals surface area contributed by atoms with Gasteiger partial charge in [0.05, 0.1) is 0 Å². The number of hydrogen-bond acceptors (Lipinski definition) is 1. The molecule has 0 heterocycles. The summed E-state index contributed by atoms with van der Waals surface area (Å²) in [5, 5.41) is 0. The van der Waals surface area contributed by atoms with Gasteiger partial charge >= 0.3 is 0 Å². The Bertz CT molecular complexity index is 448. The van der Waals surface area contributed by atoms with E-state index < -0.39 is 0 Å². The zero-order valence-corrected chi connectivity index (χ0v) is 12.8. The Morgan fingerprint density at radius 1 is 0.789 bits per heavy atom. The average Bonchev–Trinajstić information content (AvgIpc) is 2.40. The van der Waals surface area contributed by atoms with Crippen LogP contribution in [0.25, 0.3) is 0 Å². The summed E-state index contributed by atoms with van der Waals surface area (Å²) in [6, 6.07) is 21.2. The van der Waals surface area contributed by atoms with E-state index in [9.17, 15) is 0 Å². The monoisotopic (exact) mass is 268 g/mol. The molecule has 2 heteroatoms. The topological polar surface area (TPSA) is 9.23 Å². The molecule has 2 aromatic carbocycles. The second-order valence-electron chi connectivity index (χ2n) is 5.59. The van der Waals surface area contributed by atoms with Gasteiger partial charge < -0.3 is 4.43 Å². The van der Waals surface area contributed by atoms with Crippen LogP contribution in [-0.2, 0) is 4.43 Å². The highest BCUT2D eigenvalue weighted by molar-refractivity contribution is 6.31. The maximum atomic E-state index is 6.03. The lowest BCUT2D eigenvalue weighted by Gasteiger charge is -2.24. The van der Waals surface area contributed by atoms with Crippen molar-refractivity contribution in [1.29, 1.82) is 0 Å². The van der Waals surface area contributed by atoms with Crippen molar-refractivity contribution in [2.45, 2.75) is 31.9 Å². The fourth-order valence-electron chi connectivity index (χ4n) is 1.86. The van der Waals surface area contributed by atoms with Gasteiger partial charge in [0.2, 0.25) is 9.76 Å². The minimum absolute atomic E-state index is 0.0970. The van der Waals surface area contributed by atoms with Crippen LogP contribution in [0.2, 0.25) is 0 Å². The lowest BCUT2D eigenvalue weighted by molar-refractivity contribution is 0.136. The van der Waals surface area contributed by atoms with Gasteiger partial charge in [-0.25, -0.2) is 0 Å². The van der Waals surface area contributed by atoms with Crippen LogP contribution in [0.1, 0.15) is 37.4 Å². The molecule has 0 N–H and O–H groups in total. The van der Waals surface area contributed by atoms with Crippen molar-refractivity contribution < 1.29 is 4.43 Å². The van der Waals surface area contributed by atoms with Gasteiger partial charge in [-0.1, -0.05) is 60.7 Å². The van der Waals surface area contributed by atoms with E-state index >= 15 is 0 Å². The maximum Gasteiger partial charge on any atom is 0.243 e. The summed E-state index contributed by atoms with van der Waals surface area (Å²) in [6.45, 7) is 6.31. The summed E-state index contributed by atoms with van der Waals surface area (Å²) in [5.41, 5.74) is 2.86. The first-order valence-corrected chi connectivity index (χ1v) is 7.58. The van der Waals surface area contributed by atoms with E-state index in [1.54, 1.807) is 0 Å². The minimum atomic E-state index is -0.0970. The highest BCUT2D eigenvalue weighted by Gasteiger charge is 2.20. The Morgan fingerprint density at radius 3 is 1.58 bits per heavy atom. The Kier molecular flexibility index (Phi) is 4.56. The first-order chi connectivity index (χ1) is 9.06. The molecule has 0 saturated carbocycles. The first-order valence-electron chi connectivity index (χ1n) is 6.60. The van der Waals surface area contributed by atoms with Crippen molar-refractivity contribution in [1.82, 2.24) is 0 Å². The van der Waals surface area contributed by atoms with E-state index in [1.807, 2.05) is 0 Å². The molecule has 98 valence electrons. The first kappa shape index (κ1) is 14.0. The molecule has 0 fully saturated rings. The molecule has 2 radical (unpaired) electrons. The Balaban J connectivity index is 2.24. The van der Waals surface area contributed by atoms with Gasteiger partial charge in [0.25, 0.3) is 0 Å². The van der Waals surface area contributed by atoms with Crippen LogP contribution in [0.3, 0.4) is 0 Å². The van der Waals surface area contributed by atoms with Gasteiger partial charge in [-0.2, -0.15) is 0 Å². The number of rotatable bonds is 4. The molecule has 0 spiro atoms. The van der Waals surface area contributed by atoms with Gasteiger partial charge in [-0.15, -0.1) is 0 Å². The van der Waals surface area contributed by atoms with E-state index in [1.165, 1.54) is 11.1 Å². The van der Waals surface area contributed by atoms with Crippen molar-refractivity contribution in [2.75, 3.05) is 0 Å². The summed E-state index contributed by atoms with van der Waals surface area (Å²) in [6.07, 6.45) is 0. The van der Waals surface area contributed by atoms with Crippen molar-refractivity contribution in [3.8, 4) is 0 Å². The van der Waals surface area contributed by atoms with Crippen molar-refractivity contribution in [3.05, 3.63) is 71.8 Å². The average molecular weight is 268 g/mol. The molecule has 0 bridgehead atoms. The lowest BCUT2D eigenvalue weighted by atomic mass is 10.0. The van der Waals surface area contributed by atoms with E-state index in [2.05, 4.69) is 81.4 Å². The molecule has 0 atom stereocenters. The predicted molar refractivity (Wildman–Crippen MR) is 81.3 cm³/mol. The molecule has 0 aliphatic carbocycles. The SMILES string of the molecule is CC(C)(C)O[Si]C(c1ccccc1)c1ccccc1. The van der Waals surface area contributed by atoms with E-state index in [-0.39, 0.29) is 5.60 Å². The summed E-state index contributed by atoms with van der Waals surface area (Å²) in [5.74, 6) is 0. The number of benzene rings is 2. The molecule has 2 rings (SSSR count). The molecule has 19 heavy (non-hydrogen) atoms. The normalized spacial score (nSPS) is 11.8. The molecular formula is C17H20OSi. The van der Waals surface area contributed by atoms with Crippen LogP contribution >= 0.6 is 0 Å². The quantitative estimate of drug-likeness (QED) is 0.755. The highest BCUT2D eigenvalue weighted by atomic mass is 28.2. The van der Waals surface area contributed by atoms with Gasteiger partial charge in [-0.05, 0) is 31.9 Å². The van der Waals surface area contributed by atoms with E-state index in [4.69, 9.17) is 4.43 Å². The highest BCUT2D eigenvalue weighted by Crippen LogP contribution is 2.24. The lowest BCUT2D eigenvalue weighted by Crippen LogP contribution is -2.26. The third-order valence-corrected chi connectivity index (χ3v) is 4.38. The zero-order valence-electron chi connectivity index (χ0n) is 11.8. The molecular weight excluding hydrogens is 248 g/mol. The third kappa shape index (κ3) is 4.34. The van der Waals surface area contributed by atoms with Crippen LogP contribution in [0.4, 0.5) is 0 Å². The Morgan fingerprint density at radius 2 is 1.21 bits per heavy atom. The summed E-state index contributed by atoms with van der Waals surface area (Å²) in [4.78, 5) is 0. The Labute approximate surface area is 118 Å². The van der Waals surface area contributed by atoms with Crippen molar-refractivity contribution in [3.63, 3.8) is 0 Å². The van der Waals surface area contributed by atoms with Gasteiger partial charge in [0, 0.05) is 11.1 Å².